The molecule has 2 aromatic heterocycles. The maximum atomic E-state index is 12.1. The lowest BCUT2D eigenvalue weighted by molar-refractivity contribution is 0.105. The van der Waals surface area contributed by atoms with E-state index in [-0.39, 0.29) is 5.78 Å². The van der Waals surface area contributed by atoms with E-state index in [0.717, 1.165) is 23.6 Å². The van der Waals surface area contributed by atoms with Crippen molar-refractivity contribution in [3.05, 3.63) is 64.5 Å². The molecule has 3 heterocycles. The molecule has 22 heavy (non-hydrogen) atoms. The number of allylic oxidation sites excluding steroid dienone is 1. The van der Waals surface area contributed by atoms with Crippen LogP contribution in [0.4, 0.5) is 0 Å². The number of rotatable bonds is 5. The van der Waals surface area contributed by atoms with E-state index in [1.807, 2.05) is 35.7 Å². The maximum absolute atomic E-state index is 12.1. The van der Waals surface area contributed by atoms with E-state index in [1.165, 1.54) is 22.2 Å². The Morgan fingerprint density at radius 3 is 2.95 bits per heavy atom. The molecule has 1 aromatic carbocycles. The van der Waals surface area contributed by atoms with Crippen LogP contribution in [0.2, 0.25) is 0 Å². The van der Waals surface area contributed by atoms with Crippen LogP contribution in [0.25, 0.3) is 17.0 Å². The van der Waals surface area contributed by atoms with E-state index < -0.39 is 0 Å². The van der Waals surface area contributed by atoms with Crippen molar-refractivity contribution in [3.63, 3.8) is 0 Å². The number of thiophene rings is 1. The maximum Gasteiger partial charge on any atom is 0.195 e. The highest BCUT2D eigenvalue weighted by molar-refractivity contribution is 7.12. The van der Waals surface area contributed by atoms with Gasteiger partial charge in [-0.3, -0.25) is 4.79 Å². The molecule has 1 saturated heterocycles. The zero-order chi connectivity index (χ0) is 14.9. The zero-order valence-corrected chi connectivity index (χ0v) is 12.8. The Morgan fingerprint density at radius 2 is 2.18 bits per heavy atom. The molecule has 0 N–H and O–H groups in total. The lowest BCUT2D eigenvalue weighted by Crippen LogP contribution is -2.01. The Labute approximate surface area is 132 Å². The van der Waals surface area contributed by atoms with Crippen LogP contribution in [0.5, 0.6) is 0 Å². The lowest BCUT2D eigenvalue weighted by atomic mass is 10.1. The first-order valence-corrected chi connectivity index (χ1v) is 8.14. The van der Waals surface area contributed by atoms with E-state index >= 15 is 0 Å². The van der Waals surface area contributed by atoms with Crippen LogP contribution in [0.3, 0.4) is 0 Å². The van der Waals surface area contributed by atoms with Gasteiger partial charge in [0.2, 0.25) is 0 Å². The fourth-order valence-electron chi connectivity index (χ4n) is 2.62. The number of aromatic nitrogens is 1. The highest BCUT2D eigenvalue weighted by Gasteiger charge is 2.23. The highest BCUT2D eigenvalue weighted by atomic mass is 32.1. The minimum atomic E-state index is 0.0531. The average molecular weight is 309 g/mol. The number of nitrogens with zero attached hydrogens (tertiary/aromatic N) is 1. The first-order chi connectivity index (χ1) is 10.8. The van der Waals surface area contributed by atoms with Gasteiger partial charge in [-0.1, -0.05) is 24.3 Å². The van der Waals surface area contributed by atoms with Crippen LogP contribution in [-0.4, -0.2) is 23.1 Å². The van der Waals surface area contributed by atoms with Gasteiger partial charge in [0.1, 0.15) is 0 Å². The molecular weight excluding hydrogens is 294 g/mol. The van der Waals surface area contributed by atoms with Crippen molar-refractivity contribution >= 4 is 34.1 Å². The fourth-order valence-corrected chi connectivity index (χ4v) is 3.26. The van der Waals surface area contributed by atoms with E-state index in [2.05, 4.69) is 22.9 Å². The van der Waals surface area contributed by atoms with Crippen LogP contribution in [0, 0.1) is 0 Å². The number of hydrogen-bond acceptors (Lipinski definition) is 3. The normalized spacial score (nSPS) is 17.4. The number of carbonyl (C=O) groups excluding carboxylic acids is 1. The molecule has 0 saturated carbocycles. The molecule has 110 valence electrons. The fraction of sp³-hybridized carbons (Fsp3) is 0.167. The second-order valence-electron chi connectivity index (χ2n) is 5.38. The molecule has 1 aliphatic heterocycles. The van der Waals surface area contributed by atoms with Gasteiger partial charge < -0.3 is 9.30 Å². The largest absolute Gasteiger partial charge is 0.371 e. The van der Waals surface area contributed by atoms with Gasteiger partial charge in [0, 0.05) is 22.7 Å². The van der Waals surface area contributed by atoms with Crippen LogP contribution in [-0.2, 0) is 11.3 Å². The molecule has 4 heteroatoms. The smallest absolute Gasteiger partial charge is 0.195 e. The van der Waals surface area contributed by atoms with Crippen LogP contribution in [0.1, 0.15) is 15.2 Å². The Balaban J connectivity index is 1.67. The van der Waals surface area contributed by atoms with Gasteiger partial charge in [0.05, 0.1) is 24.1 Å². The van der Waals surface area contributed by atoms with Gasteiger partial charge in [-0.2, -0.15) is 0 Å². The summed E-state index contributed by atoms with van der Waals surface area (Å²) in [6.45, 7) is 1.71. The number of ketones is 1. The summed E-state index contributed by atoms with van der Waals surface area (Å²) >= 11 is 1.47. The van der Waals surface area contributed by atoms with E-state index in [1.54, 1.807) is 6.08 Å². The predicted molar refractivity (Wildman–Crippen MR) is 89.4 cm³/mol. The molecule has 1 unspecified atom stereocenters. The van der Waals surface area contributed by atoms with Gasteiger partial charge in [0.15, 0.2) is 5.78 Å². The monoisotopic (exact) mass is 309 g/mol. The lowest BCUT2D eigenvalue weighted by Gasteiger charge is -2.00. The summed E-state index contributed by atoms with van der Waals surface area (Å²) in [5.41, 5.74) is 2.25. The van der Waals surface area contributed by atoms with Crippen molar-refractivity contribution in [1.29, 1.82) is 0 Å². The predicted octanol–water partition coefficient (Wildman–Crippen LogP) is 4.00. The number of benzene rings is 1. The summed E-state index contributed by atoms with van der Waals surface area (Å²) in [6.07, 6.45) is 6.01. The van der Waals surface area contributed by atoms with Gasteiger partial charge in [0.25, 0.3) is 0 Å². The molecule has 0 aliphatic carbocycles. The zero-order valence-electron chi connectivity index (χ0n) is 11.9. The molecule has 1 fully saturated rings. The highest BCUT2D eigenvalue weighted by Crippen LogP contribution is 2.25. The summed E-state index contributed by atoms with van der Waals surface area (Å²) in [5, 5.41) is 3.08. The van der Waals surface area contributed by atoms with E-state index in [9.17, 15) is 4.79 Å². The minimum Gasteiger partial charge on any atom is -0.371 e. The Kier molecular flexibility index (Phi) is 3.41. The molecule has 1 atom stereocenters. The second kappa shape index (κ2) is 5.55. The molecule has 4 rings (SSSR count). The van der Waals surface area contributed by atoms with Gasteiger partial charge >= 0.3 is 0 Å². The number of fused-ring (bicyclic) bond motifs is 1. The Bertz CT molecular complexity index is 841. The van der Waals surface area contributed by atoms with E-state index in [0.29, 0.717) is 6.10 Å². The average Bonchev–Trinajstić information content (AvgIpc) is 3.07. The number of carbonyl (C=O) groups is 1. The van der Waals surface area contributed by atoms with Crippen molar-refractivity contribution < 1.29 is 9.53 Å². The summed E-state index contributed by atoms with van der Waals surface area (Å²) in [6, 6.07) is 12.0. The molecular formula is C18H15NO2S. The SMILES string of the molecule is O=C(/C=C/c1cn(CC2CO2)c2ccccc12)c1cccs1. The number of hydrogen-bond donors (Lipinski definition) is 0. The number of epoxide rings is 1. The van der Waals surface area contributed by atoms with Gasteiger partial charge in [-0.05, 0) is 29.7 Å². The number of ether oxygens (including phenoxy) is 1. The Hall–Kier alpha value is -2.17. The van der Waals surface area contributed by atoms with Crippen molar-refractivity contribution in [2.45, 2.75) is 12.6 Å². The molecule has 3 nitrogen and oxygen atoms in total. The third-order valence-electron chi connectivity index (χ3n) is 3.80. The van der Waals surface area contributed by atoms with Gasteiger partial charge in [-0.15, -0.1) is 11.3 Å². The quantitative estimate of drug-likeness (QED) is 0.405. The summed E-state index contributed by atoms with van der Waals surface area (Å²) < 4.78 is 7.54. The van der Waals surface area contributed by atoms with Crippen LogP contribution in [0.15, 0.2) is 54.1 Å². The van der Waals surface area contributed by atoms with Crippen molar-refractivity contribution in [2.75, 3.05) is 6.61 Å². The Morgan fingerprint density at radius 1 is 1.32 bits per heavy atom. The van der Waals surface area contributed by atoms with Gasteiger partial charge in [-0.25, -0.2) is 0 Å². The van der Waals surface area contributed by atoms with Crippen molar-refractivity contribution in [2.24, 2.45) is 0 Å². The van der Waals surface area contributed by atoms with Crippen LogP contribution >= 0.6 is 11.3 Å². The topological polar surface area (TPSA) is 34.5 Å². The van der Waals surface area contributed by atoms with E-state index in [4.69, 9.17) is 4.74 Å². The third kappa shape index (κ3) is 2.63. The second-order valence-corrected chi connectivity index (χ2v) is 6.33. The molecule has 0 spiro atoms. The molecule has 0 radical (unpaired) electrons. The molecule has 0 amide bonds. The molecule has 3 aromatic rings. The molecule has 1 aliphatic rings. The first kappa shape index (κ1) is 13.5. The summed E-state index contributed by atoms with van der Waals surface area (Å²) in [7, 11) is 0. The number of para-hydroxylation sites is 1. The summed E-state index contributed by atoms with van der Waals surface area (Å²) in [4.78, 5) is 12.9. The van der Waals surface area contributed by atoms with Crippen molar-refractivity contribution in [3.8, 4) is 0 Å². The standard InChI is InChI=1S/C18H15NO2S/c20-17(18-6-3-9-22-18)8-7-13-10-19(11-14-12-21-14)16-5-2-1-4-15(13)16/h1-10,14H,11-12H2/b8-7+. The molecule has 0 bridgehead atoms. The summed E-state index contributed by atoms with van der Waals surface area (Å²) in [5.74, 6) is 0.0531. The van der Waals surface area contributed by atoms with Crippen LogP contribution < -0.4 is 0 Å². The minimum absolute atomic E-state index is 0.0531. The third-order valence-corrected chi connectivity index (χ3v) is 4.68. The van der Waals surface area contributed by atoms with Crippen molar-refractivity contribution in [1.82, 2.24) is 4.57 Å². The first-order valence-electron chi connectivity index (χ1n) is 7.26.